The van der Waals surface area contributed by atoms with Gasteiger partial charge in [0.2, 0.25) is 5.91 Å². The maximum atomic E-state index is 12.1. The molecule has 0 bridgehead atoms. The molecule has 7 nitrogen and oxygen atoms in total. The lowest BCUT2D eigenvalue weighted by Crippen LogP contribution is -2.29. The highest BCUT2D eigenvalue weighted by Crippen LogP contribution is 2.11. The zero-order valence-electron chi connectivity index (χ0n) is 14.2. The number of amides is 2. The van der Waals surface area contributed by atoms with E-state index in [1.54, 1.807) is 43.6 Å². The minimum atomic E-state index is -0.329. The van der Waals surface area contributed by atoms with Gasteiger partial charge in [0.25, 0.3) is 11.5 Å². The topological polar surface area (TPSA) is 91.6 Å². The number of pyridine rings is 1. The number of aryl methyl sites for hydroxylation is 1. The van der Waals surface area contributed by atoms with Crippen LogP contribution in [0.5, 0.6) is 0 Å². The van der Waals surface area contributed by atoms with Crippen molar-refractivity contribution in [1.29, 1.82) is 0 Å². The molecule has 2 rings (SSSR count). The molecule has 0 atom stereocenters. The second-order valence-electron chi connectivity index (χ2n) is 5.75. The van der Waals surface area contributed by atoms with Gasteiger partial charge in [-0.1, -0.05) is 6.07 Å². The maximum Gasteiger partial charge on any atom is 0.253 e. The Kier molecular flexibility index (Phi) is 6.08. The van der Waals surface area contributed by atoms with Crippen LogP contribution >= 0.6 is 0 Å². The van der Waals surface area contributed by atoms with E-state index in [2.05, 4.69) is 5.32 Å². The molecule has 1 heterocycles. The third-order valence-electron chi connectivity index (χ3n) is 3.64. The lowest BCUT2D eigenvalue weighted by Gasteiger charge is -2.15. The molecule has 0 radical (unpaired) electrons. The second-order valence-corrected chi connectivity index (χ2v) is 5.75. The lowest BCUT2D eigenvalue weighted by atomic mass is 10.2. The predicted octanol–water partition coefficient (Wildman–Crippen LogP) is 0.860. The first-order valence-electron chi connectivity index (χ1n) is 7.84. The second kappa shape index (κ2) is 8.25. The third kappa shape index (κ3) is 5.02. The number of carbonyl (C=O) groups excluding carboxylic acids is 2. The Hall–Kier alpha value is -2.93. The standard InChI is InChI=1S/C18H21N3O4/c1-13-3-8-17(24)21(11-13)12-16(23)19-15-6-4-14(5-7-15)18(25)20(2)9-10-22/h3-8,11,22H,9-10,12H2,1-2H3,(H,19,23). The fourth-order valence-corrected chi connectivity index (χ4v) is 2.30. The average molecular weight is 343 g/mol. The molecule has 0 fully saturated rings. The summed E-state index contributed by atoms with van der Waals surface area (Å²) in [7, 11) is 1.60. The number of nitrogens with one attached hydrogen (secondary N) is 1. The summed E-state index contributed by atoms with van der Waals surface area (Å²) < 4.78 is 1.34. The van der Waals surface area contributed by atoms with Crippen molar-refractivity contribution in [3.05, 3.63) is 64.1 Å². The summed E-state index contributed by atoms with van der Waals surface area (Å²) in [6.45, 7) is 1.91. The number of rotatable bonds is 6. The summed E-state index contributed by atoms with van der Waals surface area (Å²) in [4.78, 5) is 37.3. The largest absolute Gasteiger partial charge is 0.395 e. The monoisotopic (exact) mass is 343 g/mol. The summed E-state index contributed by atoms with van der Waals surface area (Å²) in [5.74, 6) is -0.539. The van der Waals surface area contributed by atoms with Crippen molar-refractivity contribution in [2.24, 2.45) is 0 Å². The Balaban J connectivity index is 2.01. The van der Waals surface area contributed by atoms with Crippen LogP contribution in [0.15, 0.2) is 47.4 Å². The van der Waals surface area contributed by atoms with Crippen LogP contribution in [-0.4, -0.2) is 46.6 Å². The molecule has 7 heteroatoms. The molecule has 132 valence electrons. The molecule has 0 unspecified atom stereocenters. The van der Waals surface area contributed by atoms with E-state index >= 15 is 0 Å². The number of aliphatic hydroxyl groups excluding tert-OH is 1. The molecule has 2 amide bonds. The first kappa shape index (κ1) is 18.4. The van der Waals surface area contributed by atoms with Crippen LogP contribution in [0, 0.1) is 6.92 Å². The van der Waals surface area contributed by atoms with Crippen molar-refractivity contribution in [2.45, 2.75) is 13.5 Å². The van der Waals surface area contributed by atoms with Gasteiger partial charge >= 0.3 is 0 Å². The molecule has 2 aromatic rings. The van der Waals surface area contributed by atoms with Crippen molar-refractivity contribution in [3.8, 4) is 0 Å². The van der Waals surface area contributed by atoms with E-state index in [1.807, 2.05) is 6.92 Å². The van der Waals surface area contributed by atoms with E-state index < -0.39 is 0 Å². The Morgan fingerprint density at radius 2 is 1.84 bits per heavy atom. The minimum absolute atomic E-state index is 0.0829. The van der Waals surface area contributed by atoms with Crippen LogP contribution in [0.2, 0.25) is 0 Å². The number of aliphatic hydroxyl groups is 1. The van der Waals surface area contributed by atoms with Gasteiger partial charge in [-0.25, -0.2) is 0 Å². The summed E-state index contributed by atoms with van der Waals surface area (Å²) in [6, 6.07) is 9.56. The molecule has 0 aliphatic carbocycles. The van der Waals surface area contributed by atoms with Gasteiger partial charge < -0.3 is 19.9 Å². The molecule has 0 aliphatic rings. The highest BCUT2D eigenvalue weighted by atomic mass is 16.3. The molecular weight excluding hydrogens is 322 g/mol. The maximum absolute atomic E-state index is 12.1. The zero-order chi connectivity index (χ0) is 18.4. The Labute approximate surface area is 145 Å². The summed E-state index contributed by atoms with van der Waals surface area (Å²) in [5.41, 5.74) is 1.65. The molecule has 0 saturated heterocycles. The SMILES string of the molecule is Cc1ccc(=O)n(CC(=O)Nc2ccc(C(=O)N(C)CCO)cc2)c1. The Morgan fingerprint density at radius 1 is 1.16 bits per heavy atom. The molecule has 25 heavy (non-hydrogen) atoms. The van der Waals surface area contributed by atoms with Gasteiger partial charge in [0.15, 0.2) is 0 Å². The van der Waals surface area contributed by atoms with Crippen molar-refractivity contribution in [1.82, 2.24) is 9.47 Å². The van der Waals surface area contributed by atoms with Crippen LogP contribution in [0.4, 0.5) is 5.69 Å². The number of nitrogens with zero attached hydrogens (tertiary/aromatic N) is 2. The number of hydrogen-bond donors (Lipinski definition) is 2. The smallest absolute Gasteiger partial charge is 0.253 e. The highest BCUT2D eigenvalue weighted by Gasteiger charge is 2.11. The fraction of sp³-hybridized carbons (Fsp3) is 0.278. The summed E-state index contributed by atoms with van der Waals surface area (Å²) >= 11 is 0. The average Bonchev–Trinajstić information content (AvgIpc) is 2.58. The Bertz CT molecular complexity index is 812. The molecule has 1 aromatic heterocycles. The van der Waals surface area contributed by atoms with E-state index in [4.69, 9.17) is 5.11 Å². The molecule has 2 N–H and O–H groups in total. The normalized spacial score (nSPS) is 10.4. The highest BCUT2D eigenvalue weighted by molar-refractivity contribution is 5.95. The fourth-order valence-electron chi connectivity index (χ4n) is 2.30. The number of anilines is 1. The molecule has 0 saturated carbocycles. The van der Waals surface area contributed by atoms with Crippen molar-refractivity contribution in [3.63, 3.8) is 0 Å². The van der Waals surface area contributed by atoms with Gasteiger partial charge in [-0.15, -0.1) is 0 Å². The molecular formula is C18H21N3O4. The van der Waals surface area contributed by atoms with Gasteiger partial charge in [0, 0.05) is 37.1 Å². The number of hydrogen-bond acceptors (Lipinski definition) is 4. The van der Waals surface area contributed by atoms with Crippen LogP contribution in [-0.2, 0) is 11.3 Å². The predicted molar refractivity (Wildman–Crippen MR) is 94.6 cm³/mol. The first-order valence-corrected chi connectivity index (χ1v) is 7.84. The van der Waals surface area contributed by atoms with Gasteiger partial charge in [0.05, 0.1) is 6.61 Å². The molecule has 0 aliphatic heterocycles. The first-order chi connectivity index (χ1) is 11.9. The lowest BCUT2D eigenvalue weighted by molar-refractivity contribution is -0.116. The van der Waals surface area contributed by atoms with Gasteiger partial charge in [0.1, 0.15) is 6.54 Å². The van der Waals surface area contributed by atoms with Crippen LogP contribution in [0.3, 0.4) is 0 Å². The van der Waals surface area contributed by atoms with E-state index in [-0.39, 0.29) is 37.1 Å². The number of carbonyl (C=O) groups is 2. The number of benzene rings is 1. The third-order valence-corrected chi connectivity index (χ3v) is 3.64. The molecule has 0 spiro atoms. The van der Waals surface area contributed by atoms with Gasteiger partial charge in [-0.2, -0.15) is 0 Å². The van der Waals surface area contributed by atoms with Gasteiger partial charge in [-0.3, -0.25) is 14.4 Å². The number of aromatic nitrogens is 1. The van der Waals surface area contributed by atoms with E-state index in [0.29, 0.717) is 11.3 Å². The van der Waals surface area contributed by atoms with E-state index in [0.717, 1.165) is 5.56 Å². The van der Waals surface area contributed by atoms with Crippen LogP contribution in [0.25, 0.3) is 0 Å². The van der Waals surface area contributed by atoms with Crippen molar-refractivity contribution >= 4 is 17.5 Å². The van der Waals surface area contributed by atoms with Crippen LogP contribution in [0.1, 0.15) is 15.9 Å². The van der Waals surface area contributed by atoms with Crippen molar-refractivity contribution < 1.29 is 14.7 Å². The van der Waals surface area contributed by atoms with E-state index in [1.165, 1.54) is 15.5 Å². The minimum Gasteiger partial charge on any atom is -0.395 e. The zero-order valence-corrected chi connectivity index (χ0v) is 14.2. The van der Waals surface area contributed by atoms with Crippen molar-refractivity contribution in [2.75, 3.05) is 25.5 Å². The summed E-state index contributed by atoms with van der Waals surface area (Å²) in [5, 5.41) is 11.6. The number of likely N-dealkylation sites (N-methyl/N-ethyl adjacent to an activating group) is 1. The molecule has 1 aromatic carbocycles. The summed E-state index contributed by atoms with van der Waals surface area (Å²) in [6.07, 6.45) is 1.63. The quantitative estimate of drug-likeness (QED) is 0.814. The Morgan fingerprint density at radius 3 is 2.48 bits per heavy atom. The van der Waals surface area contributed by atoms with E-state index in [9.17, 15) is 14.4 Å². The van der Waals surface area contributed by atoms with Gasteiger partial charge in [-0.05, 0) is 36.8 Å². The van der Waals surface area contributed by atoms with Crippen LogP contribution < -0.4 is 10.9 Å².